The third-order valence-electron chi connectivity index (χ3n) is 4.36. The largest absolute Gasteiger partial charge is 0.348 e. The Morgan fingerprint density at radius 1 is 0.852 bits per heavy atom. The van der Waals surface area contributed by atoms with Gasteiger partial charge in [-0.05, 0) is 57.3 Å². The van der Waals surface area contributed by atoms with Crippen LogP contribution in [0.15, 0.2) is 89.9 Å². The van der Waals surface area contributed by atoms with Crippen molar-refractivity contribution in [3.05, 3.63) is 101 Å². The average Bonchev–Trinajstić information content (AvgIpc) is 3.28. The van der Waals surface area contributed by atoms with Crippen molar-refractivity contribution < 1.29 is 4.79 Å². The highest BCUT2D eigenvalue weighted by Crippen LogP contribution is 2.22. The predicted molar refractivity (Wildman–Crippen MR) is 111 cm³/mol. The summed E-state index contributed by atoms with van der Waals surface area (Å²) in [5, 5.41) is 7.11. The maximum atomic E-state index is 12.4. The van der Waals surface area contributed by atoms with Gasteiger partial charge in [0.2, 0.25) is 0 Å². The van der Waals surface area contributed by atoms with Crippen LogP contribution < -0.4 is 5.32 Å². The van der Waals surface area contributed by atoms with E-state index >= 15 is 0 Å². The average molecular weight is 370 g/mol. The van der Waals surface area contributed by atoms with E-state index in [1.54, 1.807) is 17.5 Å². The van der Waals surface area contributed by atoms with E-state index in [2.05, 4.69) is 39.9 Å². The molecule has 0 aliphatic heterocycles. The Kier molecular flexibility index (Phi) is 5.08. The van der Waals surface area contributed by atoms with E-state index < -0.39 is 0 Å². The second kappa shape index (κ2) is 7.98. The number of thiophene rings is 1. The lowest BCUT2D eigenvalue weighted by atomic mass is 10.0. The summed E-state index contributed by atoms with van der Waals surface area (Å²) >= 11 is 1.66. The Morgan fingerprint density at radius 2 is 1.63 bits per heavy atom. The number of benzene rings is 2. The molecule has 4 aromatic rings. The van der Waals surface area contributed by atoms with E-state index in [0.717, 1.165) is 27.8 Å². The number of carbonyl (C=O) groups excluding carboxylic acids is 1. The fourth-order valence-corrected chi connectivity index (χ4v) is 3.56. The summed E-state index contributed by atoms with van der Waals surface area (Å²) in [7, 11) is 0. The van der Waals surface area contributed by atoms with Crippen molar-refractivity contribution in [2.45, 2.75) is 6.54 Å². The smallest absolute Gasteiger partial charge is 0.251 e. The van der Waals surface area contributed by atoms with Gasteiger partial charge in [-0.25, -0.2) is 0 Å². The van der Waals surface area contributed by atoms with Crippen molar-refractivity contribution >= 4 is 17.2 Å². The molecule has 0 unspecified atom stereocenters. The molecule has 0 radical (unpaired) electrons. The Labute approximate surface area is 162 Å². The second-order valence-corrected chi connectivity index (χ2v) is 7.00. The first-order chi connectivity index (χ1) is 13.3. The van der Waals surface area contributed by atoms with E-state index in [9.17, 15) is 4.79 Å². The van der Waals surface area contributed by atoms with Crippen LogP contribution in [0.1, 0.15) is 15.9 Å². The van der Waals surface area contributed by atoms with Crippen molar-refractivity contribution in [3.63, 3.8) is 0 Å². The van der Waals surface area contributed by atoms with Crippen molar-refractivity contribution in [1.82, 2.24) is 10.3 Å². The zero-order valence-corrected chi connectivity index (χ0v) is 15.4. The summed E-state index contributed by atoms with van der Waals surface area (Å²) in [6.45, 7) is 0.449. The van der Waals surface area contributed by atoms with Crippen LogP contribution in [0.4, 0.5) is 0 Å². The fourth-order valence-electron chi connectivity index (χ4n) is 2.90. The number of pyridine rings is 1. The monoisotopic (exact) mass is 370 g/mol. The van der Waals surface area contributed by atoms with Gasteiger partial charge in [0.05, 0.1) is 0 Å². The van der Waals surface area contributed by atoms with E-state index in [1.807, 2.05) is 54.0 Å². The van der Waals surface area contributed by atoms with Gasteiger partial charge in [0.25, 0.3) is 5.91 Å². The maximum Gasteiger partial charge on any atom is 0.251 e. The van der Waals surface area contributed by atoms with Gasteiger partial charge < -0.3 is 5.32 Å². The summed E-state index contributed by atoms with van der Waals surface area (Å²) in [6, 6.07) is 21.9. The van der Waals surface area contributed by atoms with Gasteiger partial charge in [0.15, 0.2) is 0 Å². The number of carbonyl (C=O) groups is 1. The number of hydrogen-bond acceptors (Lipinski definition) is 3. The second-order valence-electron chi connectivity index (χ2n) is 6.22. The summed E-state index contributed by atoms with van der Waals surface area (Å²) < 4.78 is 0. The first-order valence-electron chi connectivity index (χ1n) is 8.70. The summed E-state index contributed by atoms with van der Waals surface area (Å²) in [5.74, 6) is -0.0875. The highest BCUT2D eigenvalue weighted by atomic mass is 32.1. The van der Waals surface area contributed by atoms with Gasteiger partial charge in [-0.1, -0.05) is 42.5 Å². The van der Waals surface area contributed by atoms with Gasteiger partial charge in [0.1, 0.15) is 0 Å². The Bertz CT molecular complexity index is 1030. The predicted octanol–water partition coefficient (Wildman–Crippen LogP) is 5.41. The normalized spacial score (nSPS) is 10.5. The molecule has 0 saturated carbocycles. The van der Waals surface area contributed by atoms with Crippen molar-refractivity contribution in [1.29, 1.82) is 0 Å². The molecule has 0 spiro atoms. The van der Waals surface area contributed by atoms with E-state index in [1.165, 1.54) is 0 Å². The van der Waals surface area contributed by atoms with Gasteiger partial charge in [-0.3, -0.25) is 9.78 Å². The molecule has 0 aliphatic rings. The molecular formula is C23H18N2OS. The van der Waals surface area contributed by atoms with E-state index in [4.69, 9.17) is 0 Å². The molecule has 4 rings (SSSR count). The molecule has 0 saturated heterocycles. The third-order valence-corrected chi connectivity index (χ3v) is 5.04. The number of nitrogens with zero attached hydrogens (tertiary/aromatic N) is 1. The lowest BCUT2D eigenvalue weighted by Gasteiger charge is -2.08. The molecule has 0 aliphatic carbocycles. The molecule has 132 valence electrons. The highest BCUT2D eigenvalue weighted by Gasteiger charge is 2.07. The van der Waals surface area contributed by atoms with E-state index in [-0.39, 0.29) is 5.91 Å². The molecular weight excluding hydrogens is 352 g/mol. The van der Waals surface area contributed by atoms with Gasteiger partial charge in [-0.15, -0.1) is 0 Å². The maximum absolute atomic E-state index is 12.4. The van der Waals surface area contributed by atoms with Crippen LogP contribution in [0.25, 0.3) is 22.3 Å². The highest BCUT2D eigenvalue weighted by molar-refractivity contribution is 7.08. The van der Waals surface area contributed by atoms with Crippen LogP contribution in [-0.2, 0) is 6.54 Å². The fraction of sp³-hybridized carbons (Fsp3) is 0.0435. The zero-order valence-electron chi connectivity index (χ0n) is 14.6. The molecule has 2 heterocycles. The van der Waals surface area contributed by atoms with Crippen LogP contribution in [-0.4, -0.2) is 10.9 Å². The Morgan fingerprint density at radius 3 is 2.37 bits per heavy atom. The summed E-state index contributed by atoms with van der Waals surface area (Å²) in [6.07, 6.45) is 3.63. The lowest BCUT2D eigenvalue weighted by Crippen LogP contribution is -2.22. The molecule has 1 amide bonds. The standard InChI is InChI=1S/C23H18N2OS/c26-23(20-8-6-19(7-9-20)18-4-2-1-3-5-18)25-14-17-12-22(15-24-13-17)21-10-11-27-16-21/h1-13,15-16H,14H2,(H,25,26). The van der Waals surface area contributed by atoms with Crippen LogP contribution >= 0.6 is 11.3 Å². The number of aromatic nitrogens is 1. The SMILES string of the molecule is O=C(NCc1cncc(-c2ccsc2)c1)c1ccc(-c2ccccc2)cc1. The zero-order chi connectivity index (χ0) is 18.5. The Balaban J connectivity index is 1.42. The molecule has 4 heteroatoms. The molecule has 27 heavy (non-hydrogen) atoms. The van der Waals surface area contributed by atoms with Crippen molar-refractivity contribution in [3.8, 4) is 22.3 Å². The molecule has 2 aromatic carbocycles. The first kappa shape index (κ1) is 17.2. The molecule has 0 bridgehead atoms. The van der Waals surface area contributed by atoms with Crippen LogP contribution in [0.5, 0.6) is 0 Å². The summed E-state index contributed by atoms with van der Waals surface area (Å²) in [5.41, 5.74) is 6.08. The Hall–Kier alpha value is -3.24. The third kappa shape index (κ3) is 4.13. The number of amides is 1. The van der Waals surface area contributed by atoms with Crippen molar-refractivity contribution in [2.24, 2.45) is 0 Å². The minimum absolute atomic E-state index is 0.0875. The topological polar surface area (TPSA) is 42.0 Å². The van der Waals surface area contributed by atoms with Gasteiger partial charge in [-0.2, -0.15) is 11.3 Å². The quantitative estimate of drug-likeness (QED) is 0.510. The van der Waals surface area contributed by atoms with Crippen molar-refractivity contribution in [2.75, 3.05) is 0 Å². The van der Waals surface area contributed by atoms with Gasteiger partial charge in [0, 0.05) is 30.1 Å². The molecule has 0 fully saturated rings. The number of hydrogen-bond donors (Lipinski definition) is 1. The summed E-state index contributed by atoms with van der Waals surface area (Å²) in [4.78, 5) is 16.7. The minimum atomic E-state index is -0.0875. The molecule has 2 aromatic heterocycles. The van der Waals surface area contributed by atoms with E-state index in [0.29, 0.717) is 12.1 Å². The van der Waals surface area contributed by atoms with Crippen LogP contribution in [0.2, 0.25) is 0 Å². The van der Waals surface area contributed by atoms with Crippen LogP contribution in [0, 0.1) is 0 Å². The minimum Gasteiger partial charge on any atom is -0.348 e. The van der Waals surface area contributed by atoms with Crippen LogP contribution in [0.3, 0.4) is 0 Å². The number of rotatable bonds is 5. The molecule has 0 atom stereocenters. The first-order valence-corrected chi connectivity index (χ1v) is 9.64. The lowest BCUT2D eigenvalue weighted by molar-refractivity contribution is 0.0951. The number of nitrogens with one attached hydrogen (secondary N) is 1. The van der Waals surface area contributed by atoms with Gasteiger partial charge >= 0.3 is 0 Å². The molecule has 1 N–H and O–H groups in total. The molecule has 3 nitrogen and oxygen atoms in total.